The van der Waals surface area contributed by atoms with Crippen molar-refractivity contribution in [1.82, 2.24) is 5.32 Å². The van der Waals surface area contributed by atoms with Gasteiger partial charge in [-0.3, -0.25) is 4.79 Å². The molecule has 132 valence electrons. The standard InChI is InChI=1S/C17H31NO4Si/c1-10-11-14(23(8,9)17(5,6)7)21-13(19)12-18-15(20)22-16(2,3)4/h14H,12H2,1-9H3,(H,18,20). The Labute approximate surface area is 141 Å². The summed E-state index contributed by atoms with van der Waals surface area (Å²) >= 11 is 0. The molecule has 0 heterocycles. The average molecular weight is 342 g/mol. The molecular weight excluding hydrogens is 310 g/mol. The molecule has 0 radical (unpaired) electrons. The first-order valence-corrected chi connectivity index (χ1v) is 10.9. The normalized spacial score (nSPS) is 13.4. The lowest BCUT2D eigenvalue weighted by atomic mass is 10.2. The lowest BCUT2D eigenvalue weighted by Crippen LogP contribution is -2.51. The van der Waals surface area contributed by atoms with E-state index >= 15 is 0 Å². The summed E-state index contributed by atoms with van der Waals surface area (Å²) in [5.74, 6) is 5.35. The Morgan fingerprint density at radius 2 is 1.65 bits per heavy atom. The fraction of sp³-hybridized carbons (Fsp3) is 0.765. The van der Waals surface area contributed by atoms with Gasteiger partial charge < -0.3 is 14.8 Å². The van der Waals surface area contributed by atoms with Crippen LogP contribution in [-0.2, 0) is 14.3 Å². The third kappa shape index (κ3) is 7.55. The summed E-state index contributed by atoms with van der Waals surface area (Å²) in [6.07, 6.45) is -0.639. The number of rotatable bonds is 4. The minimum Gasteiger partial charge on any atom is -0.452 e. The number of hydrogen-bond acceptors (Lipinski definition) is 4. The minimum absolute atomic E-state index is 0.0282. The molecule has 0 bridgehead atoms. The summed E-state index contributed by atoms with van der Waals surface area (Å²) in [5.41, 5.74) is -1.02. The van der Waals surface area contributed by atoms with Crippen molar-refractivity contribution in [3.05, 3.63) is 0 Å². The topological polar surface area (TPSA) is 64.6 Å². The maximum Gasteiger partial charge on any atom is 0.408 e. The van der Waals surface area contributed by atoms with Gasteiger partial charge in [-0.15, -0.1) is 5.92 Å². The first-order valence-electron chi connectivity index (χ1n) is 7.79. The zero-order valence-electron chi connectivity index (χ0n) is 15.9. The molecule has 0 aromatic heterocycles. The van der Waals surface area contributed by atoms with Crippen molar-refractivity contribution in [3.8, 4) is 11.8 Å². The molecule has 0 saturated carbocycles. The maximum atomic E-state index is 12.0. The highest BCUT2D eigenvalue weighted by Crippen LogP contribution is 2.39. The predicted octanol–water partition coefficient (Wildman–Crippen LogP) is 3.49. The summed E-state index contributed by atoms with van der Waals surface area (Å²) < 4.78 is 10.6. The van der Waals surface area contributed by atoms with Gasteiger partial charge in [0.25, 0.3) is 0 Å². The van der Waals surface area contributed by atoms with Crippen LogP contribution >= 0.6 is 0 Å². The second-order valence-corrected chi connectivity index (χ2v) is 13.6. The van der Waals surface area contributed by atoms with Crippen LogP contribution < -0.4 is 5.32 Å². The van der Waals surface area contributed by atoms with Gasteiger partial charge in [0.1, 0.15) is 25.9 Å². The van der Waals surface area contributed by atoms with Crippen molar-refractivity contribution in [3.63, 3.8) is 0 Å². The predicted molar refractivity (Wildman–Crippen MR) is 94.8 cm³/mol. The molecule has 1 unspecified atom stereocenters. The zero-order valence-corrected chi connectivity index (χ0v) is 16.9. The number of amides is 1. The van der Waals surface area contributed by atoms with Gasteiger partial charge in [0.15, 0.2) is 0 Å². The molecule has 23 heavy (non-hydrogen) atoms. The van der Waals surface area contributed by atoms with Gasteiger partial charge in [-0.25, -0.2) is 4.79 Å². The van der Waals surface area contributed by atoms with Gasteiger partial charge in [0.05, 0.1) is 0 Å². The third-order valence-electron chi connectivity index (χ3n) is 3.89. The van der Waals surface area contributed by atoms with E-state index in [9.17, 15) is 9.59 Å². The summed E-state index contributed by atoms with van der Waals surface area (Å²) in [4.78, 5) is 23.6. The summed E-state index contributed by atoms with van der Waals surface area (Å²) in [6.45, 7) is 17.5. The Morgan fingerprint density at radius 1 is 1.13 bits per heavy atom. The van der Waals surface area contributed by atoms with Crippen LogP contribution in [0.2, 0.25) is 18.1 Å². The summed E-state index contributed by atoms with van der Waals surface area (Å²) in [6, 6.07) is 0. The molecular formula is C17H31NO4Si. The third-order valence-corrected chi connectivity index (χ3v) is 9.33. The van der Waals surface area contributed by atoms with Crippen molar-refractivity contribution < 1.29 is 19.1 Å². The van der Waals surface area contributed by atoms with E-state index in [-0.39, 0.29) is 11.6 Å². The fourth-order valence-electron chi connectivity index (χ4n) is 1.51. The van der Waals surface area contributed by atoms with Crippen LogP contribution in [-0.4, -0.2) is 38.0 Å². The number of carbonyl (C=O) groups excluding carboxylic acids is 2. The number of ether oxygens (including phenoxy) is 2. The second-order valence-electron chi connectivity index (χ2n) is 8.09. The van der Waals surface area contributed by atoms with E-state index in [1.165, 1.54) is 0 Å². The molecule has 1 atom stereocenters. The van der Waals surface area contributed by atoms with Gasteiger partial charge in [0.2, 0.25) is 0 Å². The van der Waals surface area contributed by atoms with Gasteiger partial charge in [-0.1, -0.05) is 39.8 Å². The van der Waals surface area contributed by atoms with Crippen LogP contribution in [0.5, 0.6) is 0 Å². The first kappa shape index (κ1) is 21.5. The highest BCUT2D eigenvalue weighted by atomic mass is 28.3. The van der Waals surface area contributed by atoms with Crippen LogP contribution in [0.1, 0.15) is 48.5 Å². The Balaban J connectivity index is 4.77. The molecule has 1 N–H and O–H groups in total. The second kappa shape index (κ2) is 7.87. The maximum absolute atomic E-state index is 12.0. The van der Waals surface area contributed by atoms with Gasteiger partial charge >= 0.3 is 12.1 Å². The van der Waals surface area contributed by atoms with Crippen LogP contribution in [0.4, 0.5) is 4.79 Å². The lowest BCUT2D eigenvalue weighted by molar-refractivity contribution is -0.143. The zero-order chi connectivity index (χ0) is 18.5. The van der Waals surface area contributed by atoms with E-state index in [1.807, 2.05) is 0 Å². The Morgan fingerprint density at radius 3 is 2.04 bits per heavy atom. The molecule has 0 saturated heterocycles. The fourth-order valence-corrected chi connectivity index (χ4v) is 3.23. The largest absolute Gasteiger partial charge is 0.452 e. The molecule has 0 aliphatic rings. The van der Waals surface area contributed by atoms with Crippen LogP contribution in [0.25, 0.3) is 0 Å². The number of esters is 1. The van der Waals surface area contributed by atoms with Crippen molar-refractivity contribution in [2.75, 3.05) is 6.54 Å². The molecule has 0 fully saturated rings. The Bertz CT molecular complexity index is 489. The molecule has 0 aromatic rings. The van der Waals surface area contributed by atoms with Crippen molar-refractivity contribution in [1.29, 1.82) is 0 Å². The monoisotopic (exact) mass is 341 g/mol. The van der Waals surface area contributed by atoms with Crippen molar-refractivity contribution in [2.45, 2.75) is 77.9 Å². The SMILES string of the molecule is CC#CC(OC(=O)CNC(=O)OC(C)(C)C)[Si](C)(C)C(C)(C)C. The number of alkyl carbamates (subject to hydrolysis) is 1. The van der Waals surface area contributed by atoms with Gasteiger partial charge in [-0.05, 0) is 32.7 Å². The van der Waals surface area contributed by atoms with Crippen molar-refractivity contribution >= 4 is 20.1 Å². The average Bonchev–Trinajstić information content (AvgIpc) is 2.32. The van der Waals surface area contributed by atoms with Crippen LogP contribution in [0.15, 0.2) is 0 Å². The highest BCUT2D eigenvalue weighted by molar-refractivity contribution is 6.82. The summed E-state index contributed by atoms with van der Waals surface area (Å²) in [7, 11) is -1.97. The quantitative estimate of drug-likeness (QED) is 0.483. The van der Waals surface area contributed by atoms with Crippen molar-refractivity contribution in [2.24, 2.45) is 0 Å². The van der Waals surface area contributed by atoms with E-state index in [2.05, 4.69) is 51.0 Å². The molecule has 5 nitrogen and oxygen atoms in total. The van der Waals surface area contributed by atoms with E-state index in [4.69, 9.17) is 9.47 Å². The minimum atomic E-state index is -1.97. The smallest absolute Gasteiger partial charge is 0.408 e. The number of hydrogen-bond donors (Lipinski definition) is 1. The molecule has 0 aliphatic heterocycles. The molecule has 0 rings (SSSR count). The molecule has 0 aromatic carbocycles. The Hall–Kier alpha value is -1.48. The van der Waals surface area contributed by atoms with Gasteiger partial charge in [0, 0.05) is 0 Å². The van der Waals surface area contributed by atoms with E-state index in [1.54, 1.807) is 27.7 Å². The van der Waals surface area contributed by atoms with E-state index in [0.29, 0.717) is 0 Å². The van der Waals surface area contributed by atoms with Gasteiger partial charge in [-0.2, -0.15) is 0 Å². The number of carbonyl (C=O) groups is 2. The van der Waals surface area contributed by atoms with Crippen LogP contribution in [0.3, 0.4) is 0 Å². The Kier molecular flexibility index (Phi) is 7.36. The first-order chi connectivity index (χ1) is 10.2. The van der Waals surface area contributed by atoms with E-state index < -0.39 is 31.5 Å². The molecule has 0 spiro atoms. The molecule has 1 amide bonds. The molecule has 0 aliphatic carbocycles. The molecule has 6 heteroatoms. The number of nitrogens with one attached hydrogen (secondary N) is 1. The van der Waals surface area contributed by atoms with E-state index in [0.717, 1.165) is 0 Å². The van der Waals surface area contributed by atoms with Crippen LogP contribution in [0, 0.1) is 11.8 Å². The summed E-state index contributed by atoms with van der Waals surface area (Å²) in [5, 5.41) is 2.44. The lowest BCUT2D eigenvalue weighted by Gasteiger charge is -2.39. The highest BCUT2D eigenvalue weighted by Gasteiger charge is 2.44.